The van der Waals surface area contributed by atoms with Gasteiger partial charge in [0.05, 0.1) is 18.0 Å². The normalized spacial score (nSPS) is 10.6. The van der Waals surface area contributed by atoms with E-state index in [4.69, 9.17) is 4.74 Å². The molecule has 0 saturated heterocycles. The fourth-order valence-electron chi connectivity index (χ4n) is 3.00. The molecule has 0 spiro atoms. The van der Waals surface area contributed by atoms with Gasteiger partial charge in [-0.1, -0.05) is 30.3 Å². The van der Waals surface area contributed by atoms with Crippen molar-refractivity contribution in [2.24, 2.45) is 0 Å². The lowest BCUT2D eigenvalue weighted by Crippen LogP contribution is -2.31. The van der Waals surface area contributed by atoms with Gasteiger partial charge in [-0.05, 0) is 29.8 Å². The summed E-state index contributed by atoms with van der Waals surface area (Å²) in [7, 11) is 1.62. The Balaban J connectivity index is 1.68. The number of nitrogens with one attached hydrogen (secondary N) is 1. The molecule has 0 fully saturated rings. The minimum absolute atomic E-state index is 0.0217. The number of fused-ring (bicyclic) bond motifs is 1. The zero-order valence-electron chi connectivity index (χ0n) is 15.9. The Morgan fingerprint density at radius 3 is 2.68 bits per heavy atom. The molecule has 1 amide bonds. The van der Waals surface area contributed by atoms with Crippen LogP contribution in [-0.4, -0.2) is 34.4 Å². The Hall–Kier alpha value is -3.41. The van der Waals surface area contributed by atoms with Crippen LogP contribution in [0.3, 0.4) is 0 Å². The minimum Gasteiger partial charge on any atom is -0.497 e. The summed E-state index contributed by atoms with van der Waals surface area (Å²) in [6.07, 6.45) is 2.33. The maximum absolute atomic E-state index is 12.7. The van der Waals surface area contributed by atoms with E-state index < -0.39 is 0 Å². The molecule has 0 aliphatic heterocycles. The summed E-state index contributed by atoms with van der Waals surface area (Å²) in [5, 5.41) is 0.547. The molecule has 28 heavy (non-hydrogen) atoms. The van der Waals surface area contributed by atoms with Crippen molar-refractivity contribution >= 4 is 16.8 Å². The Labute approximate surface area is 163 Å². The second-order valence-electron chi connectivity index (χ2n) is 6.44. The summed E-state index contributed by atoms with van der Waals surface area (Å²) < 4.78 is 5.16. The molecule has 6 heteroatoms. The molecule has 0 aliphatic rings. The third-order valence-corrected chi connectivity index (χ3v) is 4.47. The van der Waals surface area contributed by atoms with Crippen LogP contribution in [-0.2, 0) is 17.8 Å². The SMILES string of the molecule is C=CCN(Cc1ccc(OC)cc1)C(=O)CCc1nc2ccccc2c(=O)[nH]1. The van der Waals surface area contributed by atoms with Crippen molar-refractivity contribution in [2.45, 2.75) is 19.4 Å². The van der Waals surface area contributed by atoms with Crippen LogP contribution < -0.4 is 10.3 Å². The minimum atomic E-state index is -0.186. The number of methoxy groups -OCH3 is 1. The highest BCUT2D eigenvalue weighted by Gasteiger charge is 2.14. The smallest absolute Gasteiger partial charge is 0.258 e. The van der Waals surface area contributed by atoms with Crippen molar-refractivity contribution in [1.82, 2.24) is 14.9 Å². The number of carbonyl (C=O) groups is 1. The lowest BCUT2D eigenvalue weighted by molar-refractivity contribution is -0.131. The highest BCUT2D eigenvalue weighted by molar-refractivity contribution is 5.78. The van der Waals surface area contributed by atoms with Gasteiger partial charge in [-0.25, -0.2) is 4.98 Å². The van der Waals surface area contributed by atoms with E-state index in [9.17, 15) is 9.59 Å². The van der Waals surface area contributed by atoms with Crippen LogP contribution in [0.5, 0.6) is 5.75 Å². The van der Waals surface area contributed by atoms with Crippen molar-refractivity contribution in [1.29, 1.82) is 0 Å². The molecular weight excluding hydrogens is 354 g/mol. The van der Waals surface area contributed by atoms with Crippen LogP contribution >= 0.6 is 0 Å². The second-order valence-corrected chi connectivity index (χ2v) is 6.44. The van der Waals surface area contributed by atoms with Crippen molar-refractivity contribution < 1.29 is 9.53 Å². The van der Waals surface area contributed by atoms with Crippen molar-refractivity contribution in [3.05, 3.63) is 82.9 Å². The Morgan fingerprint density at radius 2 is 1.96 bits per heavy atom. The number of rotatable bonds is 8. The molecule has 0 aliphatic carbocycles. The number of aromatic amines is 1. The first kappa shape index (κ1) is 19.4. The van der Waals surface area contributed by atoms with Gasteiger partial charge in [0.1, 0.15) is 11.6 Å². The Bertz CT molecular complexity index is 1030. The Kier molecular flexibility index (Phi) is 6.22. The van der Waals surface area contributed by atoms with Gasteiger partial charge in [0.25, 0.3) is 5.56 Å². The largest absolute Gasteiger partial charge is 0.497 e. The highest BCUT2D eigenvalue weighted by atomic mass is 16.5. The number of benzene rings is 2. The maximum atomic E-state index is 12.7. The predicted molar refractivity (Wildman–Crippen MR) is 109 cm³/mol. The lowest BCUT2D eigenvalue weighted by Gasteiger charge is -2.21. The van der Waals surface area contributed by atoms with Gasteiger partial charge in [0, 0.05) is 25.9 Å². The number of nitrogens with zero attached hydrogens (tertiary/aromatic N) is 2. The molecule has 1 N–H and O–H groups in total. The van der Waals surface area contributed by atoms with E-state index in [1.54, 1.807) is 36.3 Å². The molecule has 3 rings (SSSR count). The fraction of sp³-hybridized carbons (Fsp3) is 0.227. The Morgan fingerprint density at radius 1 is 1.21 bits per heavy atom. The van der Waals surface area contributed by atoms with Gasteiger partial charge in [-0.3, -0.25) is 9.59 Å². The number of carbonyl (C=O) groups excluding carboxylic acids is 1. The van der Waals surface area contributed by atoms with E-state index in [1.807, 2.05) is 30.3 Å². The lowest BCUT2D eigenvalue weighted by atomic mass is 10.1. The van der Waals surface area contributed by atoms with E-state index in [1.165, 1.54) is 0 Å². The van der Waals surface area contributed by atoms with Crippen LogP contribution in [0, 0.1) is 0 Å². The van der Waals surface area contributed by atoms with Crippen LogP contribution in [0.1, 0.15) is 17.8 Å². The fourth-order valence-corrected chi connectivity index (χ4v) is 3.00. The van der Waals surface area contributed by atoms with Crippen LogP contribution in [0.4, 0.5) is 0 Å². The summed E-state index contributed by atoms with van der Waals surface area (Å²) in [5.74, 6) is 1.27. The average molecular weight is 377 g/mol. The van der Waals surface area contributed by atoms with Gasteiger partial charge in [-0.2, -0.15) is 0 Å². The number of hydrogen-bond acceptors (Lipinski definition) is 4. The zero-order valence-corrected chi connectivity index (χ0v) is 15.9. The number of ether oxygens (including phenoxy) is 1. The summed E-state index contributed by atoms with van der Waals surface area (Å²) in [6, 6.07) is 14.8. The third kappa shape index (κ3) is 4.65. The zero-order chi connectivity index (χ0) is 19.9. The number of hydrogen-bond donors (Lipinski definition) is 1. The van der Waals surface area contributed by atoms with Crippen LogP contribution in [0.25, 0.3) is 10.9 Å². The number of H-pyrrole nitrogens is 1. The molecule has 0 unspecified atom stereocenters. The molecule has 144 valence electrons. The van der Waals surface area contributed by atoms with E-state index in [0.717, 1.165) is 11.3 Å². The van der Waals surface area contributed by atoms with Gasteiger partial charge < -0.3 is 14.6 Å². The molecule has 0 atom stereocenters. The molecule has 0 saturated carbocycles. The second kappa shape index (κ2) is 8.99. The first-order valence-corrected chi connectivity index (χ1v) is 9.10. The van der Waals surface area contributed by atoms with Gasteiger partial charge >= 0.3 is 0 Å². The van der Waals surface area contributed by atoms with Gasteiger partial charge in [-0.15, -0.1) is 6.58 Å². The van der Waals surface area contributed by atoms with Gasteiger partial charge in [0.2, 0.25) is 5.91 Å². The number of aryl methyl sites for hydroxylation is 1. The molecule has 1 heterocycles. The van der Waals surface area contributed by atoms with E-state index in [2.05, 4.69) is 16.5 Å². The van der Waals surface area contributed by atoms with E-state index in [-0.39, 0.29) is 17.9 Å². The highest BCUT2D eigenvalue weighted by Crippen LogP contribution is 2.14. The first-order valence-electron chi connectivity index (χ1n) is 9.10. The van der Waals surface area contributed by atoms with Crippen molar-refractivity contribution in [3.8, 4) is 5.75 Å². The number of amides is 1. The van der Waals surface area contributed by atoms with Crippen molar-refractivity contribution in [3.63, 3.8) is 0 Å². The van der Waals surface area contributed by atoms with Crippen molar-refractivity contribution in [2.75, 3.05) is 13.7 Å². The summed E-state index contributed by atoms with van der Waals surface area (Å²) >= 11 is 0. The quantitative estimate of drug-likeness (QED) is 0.612. The number of aromatic nitrogens is 2. The molecule has 2 aromatic carbocycles. The summed E-state index contributed by atoms with van der Waals surface area (Å²) in [6.45, 7) is 4.68. The maximum Gasteiger partial charge on any atom is 0.258 e. The topological polar surface area (TPSA) is 75.3 Å². The molecular formula is C22H23N3O3. The van der Waals surface area contributed by atoms with Gasteiger partial charge in [0.15, 0.2) is 0 Å². The first-order chi connectivity index (χ1) is 13.6. The van der Waals surface area contributed by atoms with Crippen LogP contribution in [0.15, 0.2) is 66.0 Å². The number of para-hydroxylation sites is 1. The van der Waals surface area contributed by atoms with Crippen LogP contribution in [0.2, 0.25) is 0 Å². The monoisotopic (exact) mass is 377 g/mol. The molecule has 6 nitrogen and oxygen atoms in total. The molecule has 0 radical (unpaired) electrons. The molecule has 0 bridgehead atoms. The average Bonchev–Trinajstić information content (AvgIpc) is 2.72. The standard InChI is InChI=1S/C22H23N3O3/c1-3-14-25(15-16-8-10-17(28-2)11-9-16)21(26)13-12-20-23-19-7-5-4-6-18(19)22(27)24-20/h3-11H,1,12-15H2,2H3,(H,23,24,27). The predicted octanol–water partition coefficient (Wildman–Crippen LogP) is 3.08. The molecule has 1 aromatic heterocycles. The summed E-state index contributed by atoms with van der Waals surface area (Å²) in [5.41, 5.74) is 1.46. The molecule has 3 aromatic rings. The van der Waals surface area contributed by atoms with E-state index in [0.29, 0.717) is 36.2 Å². The third-order valence-electron chi connectivity index (χ3n) is 4.47. The summed E-state index contributed by atoms with van der Waals surface area (Å²) in [4.78, 5) is 33.8. The van der Waals surface area contributed by atoms with E-state index >= 15 is 0 Å².